The molecule has 1 nitrogen and oxygen atoms in total. The van der Waals surface area contributed by atoms with Gasteiger partial charge in [0.05, 0.1) is 0 Å². The minimum atomic E-state index is 1.16. The smallest absolute Gasteiger partial charge is 0.0366 e. The van der Waals surface area contributed by atoms with Gasteiger partial charge in [0, 0.05) is 18.8 Å². The molecule has 0 N–H and O–H groups in total. The predicted molar refractivity (Wildman–Crippen MR) is 96.8 cm³/mol. The van der Waals surface area contributed by atoms with E-state index < -0.39 is 0 Å². The zero-order valence-electron chi connectivity index (χ0n) is 13.6. The van der Waals surface area contributed by atoms with Crippen molar-refractivity contribution in [1.82, 2.24) is 0 Å². The van der Waals surface area contributed by atoms with Crippen LogP contribution in [0.25, 0.3) is 6.08 Å². The van der Waals surface area contributed by atoms with E-state index >= 15 is 0 Å². The minimum absolute atomic E-state index is 1.16. The summed E-state index contributed by atoms with van der Waals surface area (Å²) in [7, 11) is 0. The molecule has 1 heteroatoms. The summed E-state index contributed by atoms with van der Waals surface area (Å²) in [5.74, 6) is 0. The molecule has 0 radical (unpaired) electrons. The van der Waals surface area contributed by atoms with E-state index in [1.54, 1.807) is 6.08 Å². The van der Waals surface area contributed by atoms with Crippen molar-refractivity contribution in [1.29, 1.82) is 0 Å². The molecule has 1 aromatic carbocycles. The maximum Gasteiger partial charge on any atom is 0.0366 e. The van der Waals surface area contributed by atoms with Gasteiger partial charge in [-0.2, -0.15) is 0 Å². The SMILES string of the molecule is C=CC=CC=Cc1ccc(N(CCCC)CCCC)cc1. The first-order valence-corrected chi connectivity index (χ1v) is 8.12. The van der Waals surface area contributed by atoms with E-state index in [9.17, 15) is 0 Å². The van der Waals surface area contributed by atoms with Crippen LogP contribution >= 0.6 is 0 Å². The fourth-order valence-electron chi connectivity index (χ4n) is 2.17. The highest BCUT2D eigenvalue weighted by atomic mass is 15.1. The number of hydrogen-bond acceptors (Lipinski definition) is 1. The number of hydrogen-bond donors (Lipinski definition) is 0. The fourth-order valence-corrected chi connectivity index (χ4v) is 2.17. The fraction of sp³-hybridized carbons (Fsp3) is 0.400. The molecular weight excluding hydrogens is 254 g/mol. The maximum atomic E-state index is 3.66. The van der Waals surface area contributed by atoms with Crippen molar-refractivity contribution >= 4 is 11.8 Å². The topological polar surface area (TPSA) is 3.24 Å². The van der Waals surface area contributed by atoms with Crippen LogP contribution < -0.4 is 4.90 Å². The second-order valence-corrected chi connectivity index (χ2v) is 5.27. The Labute approximate surface area is 130 Å². The molecule has 1 aromatic rings. The standard InChI is InChI=1S/C20H29N/c1-4-7-10-11-12-19-13-15-20(16-14-19)21(17-8-5-2)18-9-6-3/h4,7,10-16H,1,5-6,8-9,17-18H2,2-3H3. The molecule has 0 aromatic heterocycles. The average Bonchev–Trinajstić information content (AvgIpc) is 2.53. The van der Waals surface area contributed by atoms with Crippen LogP contribution in [0.5, 0.6) is 0 Å². The largest absolute Gasteiger partial charge is 0.372 e. The molecule has 0 saturated carbocycles. The van der Waals surface area contributed by atoms with Crippen molar-refractivity contribution in [2.75, 3.05) is 18.0 Å². The van der Waals surface area contributed by atoms with Gasteiger partial charge in [-0.25, -0.2) is 0 Å². The van der Waals surface area contributed by atoms with E-state index in [-0.39, 0.29) is 0 Å². The molecule has 0 unspecified atom stereocenters. The summed E-state index contributed by atoms with van der Waals surface area (Å²) in [6, 6.07) is 8.86. The van der Waals surface area contributed by atoms with Crippen LogP contribution in [-0.4, -0.2) is 13.1 Å². The maximum absolute atomic E-state index is 3.66. The molecule has 0 heterocycles. The van der Waals surface area contributed by atoms with Crippen LogP contribution in [0.15, 0.2) is 55.1 Å². The first-order valence-electron chi connectivity index (χ1n) is 8.12. The summed E-state index contributed by atoms with van der Waals surface area (Å²) in [5.41, 5.74) is 2.58. The Morgan fingerprint density at radius 3 is 2.05 bits per heavy atom. The van der Waals surface area contributed by atoms with Gasteiger partial charge in [0.2, 0.25) is 0 Å². The Kier molecular flexibility index (Phi) is 9.03. The highest BCUT2D eigenvalue weighted by Crippen LogP contribution is 2.17. The Morgan fingerprint density at radius 2 is 1.52 bits per heavy atom. The molecule has 0 bridgehead atoms. The molecule has 0 atom stereocenters. The Morgan fingerprint density at radius 1 is 0.905 bits per heavy atom. The number of unbranched alkanes of at least 4 members (excludes halogenated alkanes) is 2. The molecule has 0 saturated heterocycles. The summed E-state index contributed by atoms with van der Waals surface area (Å²) >= 11 is 0. The molecule has 0 fully saturated rings. The number of benzene rings is 1. The third kappa shape index (κ3) is 6.99. The highest BCUT2D eigenvalue weighted by Gasteiger charge is 2.04. The molecule has 0 aliphatic carbocycles. The van der Waals surface area contributed by atoms with Crippen LogP contribution in [0.3, 0.4) is 0 Å². The Balaban J connectivity index is 2.69. The summed E-state index contributed by atoms with van der Waals surface area (Å²) in [6.07, 6.45) is 14.9. The molecule has 21 heavy (non-hydrogen) atoms. The van der Waals surface area contributed by atoms with E-state index in [0.717, 1.165) is 13.1 Å². The zero-order chi connectivity index (χ0) is 15.3. The molecular formula is C20H29N. The Bertz CT molecular complexity index is 431. The summed E-state index contributed by atoms with van der Waals surface area (Å²) in [5, 5.41) is 0. The predicted octanol–water partition coefficient (Wildman–Crippen LogP) is 5.85. The van der Waals surface area contributed by atoms with Crippen LogP contribution in [0, 0.1) is 0 Å². The van der Waals surface area contributed by atoms with Gasteiger partial charge in [0.15, 0.2) is 0 Å². The molecule has 0 aliphatic heterocycles. The third-order valence-electron chi connectivity index (χ3n) is 3.47. The van der Waals surface area contributed by atoms with Gasteiger partial charge < -0.3 is 4.90 Å². The summed E-state index contributed by atoms with van der Waals surface area (Å²) < 4.78 is 0. The van der Waals surface area contributed by atoms with Gasteiger partial charge in [-0.3, -0.25) is 0 Å². The van der Waals surface area contributed by atoms with E-state index in [0.29, 0.717) is 0 Å². The van der Waals surface area contributed by atoms with E-state index in [1.807, 2.05) is 18.2 Å². The second-order valence-electron chi connectivity index (χ2n) is 5.27. The lowest BCUT2D eigenvalue weighted by molar-refractivity contribution is 0.678. The highest BCUT2D eigenvalue weighted by molar-refractivity contribution is 5.57. The molecule has 1 rings (SSSR count). The normalized spacial score (nSPS) is 11.3. The van der Waals surface area contributed by atoms with Gasteiger partial charge in [-0.15, -0.1) is 0 Å². The third-order valence-corrected chi connectivity index (χ3v) is 3.47. The van der Waals surface area contributed by atoms with Crippen LogP contribution in [0.1, 0.15) is 45.1 Å². The monoisotopic (exact) mass is 283 g/mol. The first-order chi connectivity index (χ1) is 10.3. The summed E-state index contributed by atoms with van der Waals surface area (Å²) in [4.78, 5) is 2.51. The number of nitrogens with zero attached hydrogens (tertiary/aromatic N) is 1. The number of rotatable bonds is 10. The molecule has 0 amide bonds. The lowest BCUT2D eigenvalue weighted by Gasteiger charge is -2.24. The van der Waals surface area contributed by atoms with Gasteiger partial charge in [-0.05, 0) is 30.5 Å². The first kappa shape index (κ1) is 17.3. The van der Waals surface area contributed by atoms with Crippen molar-refractivity contribution in [2.45, 2.75) is 39.5 Å². The lowest BCUT2D eigenvalue weighted by atomic mass is 10.1. The van der Waals surface area contributed by atoms with Gasteiger partial charge in [0.25, 0.3) is 0 Å². The summed E-state index contributed by atoms with van der Waals surface area (Å²) in [6.45, 7) is 10.5. The molecule has 114 valence electrons. The van der Waals surface area contributed by atoms with Crippen LogP contribution in [-0.2, 0) is 0 Å². The minimum Gasteiger partial charge on any atom is -0.372 e. The van der Waals surface area contributed by atoms with E-state index in [4.69, 9.17) is 0 Å². The van der Waals surface area contributed by atoms with Crippen molar-refractivity contribution in [3.05, 3.63) is 60.7 Å². The molecule has 0 aliphatic rings. The average molecular weight is 283 g/mol. The van der Waals surface area contributed by atoms with Gasteiger partial charge in [-0.1, -0.05) is 75.8 Å². The van der Waals surface area contributed by atoms with E-state index in [2.05, 4.69) is 55.7 Å². The number of anilines is 1. The van der Waals surface area contributed by atoms with Crippen molar-refractivity contribution in [3.8, 4) is 0 Å². The Hall–Kier alpha value is -1.76. The molecule has 0 spiro atoms. The van der Waals surface area contributed by atoms with Crippen LogP contribution in [0.2, 0.25) is 0 Å². The quantitative estimate of drug-likeness (QED) is 0.487. The lowest BCUT2D eigenvalue weighted by Crippen LogP contribution is -2.25. The van der Waals surface area contributed by atoms with Gasteiger partial charge >= 0.3 is 0 Å². The van der Waals surface area contributed by atoms with Crippen molar-refractivity contribution < 1.29 is 0 Å². The van der Waals surface area contributed by atoms with E-state index in [1.165, 1.54) is 36.9 Å². The van der Waals surface area contributed by atoms with Crippen molar-refractivity contribution in [3.63, 3.8) is 0 Å². The van der Waals surface area contributed by atoms with Gasteiger partial charge in [0.1, 0.15) is 0 Å². The second kappa shape index (κ2) is 11.0. The zero-order valence-corrected chi connectivity index (χ0v) is 13.6. The van der Waals surface area contributed by atoms with Crippen LogP contribution in [0.4, 0.5) is 5.69 Å². The number of allylic oxidation sites excluding steroid dienone is 4. The van der Waals surface area contributed by atoms with Crippen molar-refractivity contribution in [2.24, 2.45) is 0 Å².